The number of rotatable bonds is 2. The first-order valence-corrected chi connectivity index (χ1v) is 3.76. The van der Waals surface area contributed by atoms with Crippen LogP contribution in [0.4, 0.5) is 0 Å². The fraction of sp³-hybridized carbons (Fsp3) is 0.500. The first kappa shape index (κ1) is 10.2. The average molecular weight is 151 g/mol. The summed E-state index contributed by atoms with van der Waals surface area (Å²) in [6, 6.07) is 0. The summed E-state index contributed by atoms with van der Waals surface area (Å²) in [6.07, 6.45) is 5.66. The molecule has 0 N–H and O–H groups in total. The standard InChI is InChI=1S/C10H17N/c1-9(10(2,3)4)7-6-8-11-5/h6-8H,1H2,2-5H3/b7-6-,11-8-. The lowest BCUT2D eigenvalue weighted by Crippen LogP contribution is -2.05. The van der Waals surface area contributed by atoms with Gasteiger partial charge in [0.25, 0.3) is 0 Å². The zero-order valence-corrected chi connectivity index (χ0v) is 7.89. The van der Waals surface area contributed by atoms with Crippen molar-refractivity contribution in [1.29, 1.82) is 0 Å². The molecule has 0 heterocycles. The van der Waals surface area contributed by atoms with E-state index in [1.54, 1.807) is 13.3 Å². The summed E-state index contributed by atoms with van der Waals surface area (Å²) in [6.45, 7) is 10.4. The minimum Gasteiger partial charge on any atom is -0.297 e. The van der Waals surface area contributed by atoms with Crippen molar-refractivity contribution in [3.05, 3.63) is 24.3 Å². The van der Waals surface area contributed by atoms with Crippen molar-refractivity contribution in [1.82, 2.24) is 0 Å². The Morgan fingerprint density at radius 3 is 2.27 bits per heavy atom. The maximum atomic E-state index is 3.95. The minimum absolute atomic E-state index is 0.165. The summed E-state index contributed by atoms with van der Waals surface area (Å²) in [5, 5.41) is 0. The zero-order valence-electron chi connectivity index (χ0n) is 7.89. The molecule has 62 valence electrons. The molecule has 1 nitrogen and oxygen atoms in total. The number of hydrogen-bond donors (Lipinski definition) is 0. The van der Waals surface area contributed by atoms with E-state index < -0.39 is 0 Å². The van der Waals surface area contributed by atoms with Crippen LogP contribution in [0.2, 0.25) is 0 Å². The Kier molecular flexibility index (Phi) is 3.80. The summed E-state index contributed by atoms with van der Waals surface area (Å²) in [5.74, 6) is 0. The van der Waals surface area contributed by atoms with Crippen LogP contribution in [0.15, 0.2) is 29.3 Å². The highest BCUT2D eigenvalue weighted by Crippen LogP contribution is 2.23. The van der Waals surface area contributed by atoms with Crippen molar-refractivity contribution in [3.8, 4) is 0 Å². The van der Waals surface area contributed by atoms with Crippen molar-refractivity contribution < 1.29 is 0 Å². The van der Waals surface area contributed by atoms with Gasteiger partial charge in [-0.15, -0.1) is 0 Å². The molecule has 11 heavy (non-hydrogen) atoms. The van der Waals surface area contributed by atoms with Gasteiger partial charge in [-0.05, 0) is 17.1 Å². The largest absolute Gasteiger partial charge is 0.297 e. The highest BCUT2D eigenvalue weighted by molar-refractivity contribution is 5.71. The second-order valence-electron chi connectivity index (χ2n) is 3.54. The third-order valence-electron chi connectivity index (χ3n) is 1.50. The van der Waals surface area contributed by atoms with E-state index in [1.807, 2.05) is 12.2 Å². The van der Waals surface area contributed by atoms with Gasteiger partial charge in [-0.1, -0.05) is 33.4 Å². The molecule has 1 heteroatoms. The summed E-state index contributed by atoms with van der Waals surface area (Å²) in [4.78, 5) is 3.84. The van der Waals surface area contributed by atoms with Crippen molar-refractivity contribution in [2.45, 2.75) is 20.8 Å². The molecule has 0 rings (SSSR count). The van der Waals surface area contributed by atoms with E-state index in [4.69, 9.17) is 0 Å². The van der Waals surface area contributed by atoms with Crippen LogP contribution in [-0.4, -0.2) is 13.3 Å². The van der Waals surface area contributed by atoms with Crippen LogP contribution in [-0.2, 0) is 0 Å². The van der Waals surface area contributed by atoms with E-state index >= 15 is 0 Å². The SMILES string of the molecule is C=C(/C=C\C=N/C)C(C)(C)C. The maximum Gasteiger partial charge on any atom is 0.0277 e. The van der Waals surface area contributed by atoms with Crippen molar-refractivity contribution in [3.63, 3.8) is 0 Å². The Labute approximate surface area is 69.5 Å². The van der Waals surface area contributed by atoms with Gasteiger partial charge >= 0.3 is 0 Å². The zero-order chi connectivity index (χ0) is 8.91. The molecular formula is C10H17N. The third kappa shape index (κ3) is 4.54. The second kappa shape index (κ2) is 4.12. The lowest BCUT2D eigenvalue weighted by molar-refractivity contribution is 0.519. The topological polar surface area (TPSA) is 12.4 Å². The van der Waals surface area contributed by atoms with E-state index in [0.29, 0.717) is 0 Å². The summed E-state index contributed by atoms with van der Waals surface area (Å²) < 4.78 is 0. The van der Waals surface area contributed by atoms with Crippen molar-refractivity contribution in [2.75, 3.05) is 7.05 Å². The highest BCUT2D eigenvalue weighted by Gasteiger charge is 2.10. The summed E-state index contributed by atoms with van der Waals surface area (Å²) >= 11 is 0. The molecule has 0 aromatic carbocycles. The molecule has 0 atom stereocenters. The predicted octanol–water partition coefficient (Wildman–Crippen LogP) is 2.85. The van der Waals surface area contributed by atoms with E-state index in [-0.39, 0.29) is 5.41 Å². The molecule has 0 saturated heterocycles. The fourth-order valence-electron chi connectivity index (χ4n) is 0.495. The number of allylic oxidation sites excluding steroid dienone is 3. The third-order valence-corrected chi connectivity index (χ3v) is 1.50. The molecule has 0 aromatic rings. The van der Waals surface area contributed by atoms with E-state index in [1.165, 1.54) is 0 Å². The van der Waals surface area contributed by atoms with E-state index in [9.17, 15) is 0 Å². The average Bonchev–Trinajstić information content (AvgIpc) is 1.86. The first-order chi connectivity index (χ1) is 4.98. The Hall–Kier alpha value is -0.850. The molecule has 0 aromatic heterocycles. The van der Waals surface area contributed by atoms with E-state index in [0.717, 1.165) is 5.57 Å². The minimum atomic E-state index is 0.165. The monoisotopic (exact) mass is 151 g/mol. The van der Waals surface area contributed by atoms with Crippen LogP contribution < -0.4 is 0 Å². The second-order valence-corrected chi connectivity index (χ2v) is 3.54. The summed E-state index contributed by atoms with van der Waals surface area (Å²) in [7, 11) is 1.75. The van der Waals surface area contributed by atoms with Gasteiger partial charge < -0.3 is 0 Å². The van der Waals surface area contributed by atoms with Crippen LogP contribution in [0.5, 0.6) is 0 Å². The summed E-state index contributed by atoms with van der Waals surface area (Å²) in [5.41, 5.74) is 1.29. The van der Waals surface area contributed by atoms with Gasteiger partial charge in [0.1, 0.15) is 0 Å². The molecule has 0 spiro atoms. The molecule has 0 aliphatic rings. The van der Waals surface area contributed by atoms with Gasteiger partial charge in [0, 0.05) is 13.3 Å². The van der Waals surface area contributed by atoms with Crippen LogP contribution in [0.3, 0.4) is 0 Å². The smallest absolute Gasteiger partial charge is 0.0277 e. The lowest BCUT2D eigenvalue weighted by atomic mass is 9.87. The van der Waals surface area contributed by atoms with Gasteiger partial charge in [0.05, 0.1) is 0 Å². The molecule has 0 unspecified atom stereocenters. The molecule has 0 fully saturated rings. The van der Waals surface area contributed by atoms with Crippen LogP contribution >= 0.6 is 0 Å². The van der Waals surface area contributed by atoms with Crippen LogP contribution in [0.1, 0.15) is 20.8 Å². The number of aliphatic imine (C=N–C) groups is 1. The van der Waals surface area contributed by atoms with Gasteiger partial charge in [-0.3, -0.25) is 4.99 Å². The van der Waals surface area contributed by atoms with Crippen molar-refractivity contribution in [2.24, 2.45) is 10.4 Å². The normalized spacial score (nSPS) is 13.1. The predicted molar refractivity (Wildman–Crippen MR) is 52.2 cm³/mol. The Morgan fingerprint density at radius 1 is 1.36 bits per heavy atom. The molecule has 0 aliphatic carbocycles. The van der Waals surface area contributed by atoms with Gasteiger partial charge in [-0.25, -0.2) is 0 Å². The van der Waals surface area contributed by atoms with Gasteiger partial charge in [0.2, 0.25) is 0 Å². The fourth-order valence-corrected chi connectivity index (χ4v) is 0.495. The van der Waals surface area contributed by atoms with Gasteiger partial charge in [0.15, 0.2) is 0 Å². The molecule has 0 aliphatic heterocycles. The quantitative estimate of drug-likeness (QED) is 0.425. The Balaban J connectivity index is 4.08. The Bertz CT molecular complexity index is 180. The van der Waals surface area contributed by atoms with Crippen LogP contribution in [0, 0.1) is 5.41 Å². The molecule has 0 amide bonds. The van der Waals surface area contributed by atoms with Gasteiger partial charge in [-0.2, -0.15) is 0 Å². The van der Waals surface area contributed by atoms with E-state index in [2.05, 4.69) is 32.3 Å². The van der Waals surface area contributed by atoms with Crippen molar-refractivity contribution >= 4 is 6.21 Å². The first-order valence-electron chi connectivity index (χ1n) is 3.76. The number of nitrogens with zero attached hydrogens (tertiary/aromatic N) is 1. The highest BCUT2D eigenvalue weighted by atomic mass is 14.6. The molecular weight excluding hydrogens is 134 g/mol. The lowest BCUT2D eigenvalue weighted by Gasteiger charge is -2.18. The molecule has 0 saturated carbocycles. The number of hydrogen-bond acceptors (Lipinski definition) is 1. The Morgan fingerprint density at radius 2 is 1.91 bits per heavy atom. The molecule has 0 radical (unpaired) electrons. The molecule has 0 bridgehead atoms. The van der Waals surface area contributed by atoms with Crippen LogP contribution in [0.25, 0.3) is 0 Å². The maximum absolute atomic E-state index is 3.95.